The Morgan fingerprint density at radius 1 is 1.17 bits per heavy atom. The summed E-state index contributed by atoms with van der Waals surface area (Å²) in [5, 5.41) is 10.0. The van der Waals surface area contributed by atoms with Gasteiger partial charge in [0.25, 0.3) is 15.9 Å². The zero-order valence-corrected chi connectivity index (χ0v) is 28.7. The van der Waals surface area contributed by atoms with E-state index in [0.29, 0.717) is 25.3 Å². The summed E-state index contributed by atoms with van der Waals surface area (Å²) in [6, 6.07) is 13.6. The van der Waals surface area contributed by atoms with Gasteiger partial charge < -0.3 is 28.9 Å². The fraction of sp³-hybridized carbons (Fsp3) is 0.500. The van der Waals surface area contributed by atoms with Crippen LogP contribution in [0.5, 0.6) is 5.75 Å². The molecule has 1 aliphatic rings. The van der Waals surface area contributed by atoms with Gasteiger partial charge in [0.05, 0.1) is 43.2 Å². The van der Waals surface area contributed by atoms with Crippen LogP contribution in [-0.2, 0) is 33.0 Å². The smallest absolute Gasteiger partial charge is 0.280 e. The molecule has 256 valence electrons. The number of nitrogens with zero attached hydrogens (tertiary/aromatic N) is 4. The summed E-state index contributed by atoms with van der Waals surface area (Å²) in [5.41, 5.74) is 1.26. The van der Waals surface area contributed by atoms with E-state index in [1.54, 1.807) is 43.0 Å². The van der Waals surface area contributed by atoms with Crippen molar-refractivity contribution in [3.63, 3.8) is 0 Å². The molecule has 0 saturated carbocycles. The van der Waals surface area contributed by atoms with Gasteiger partial charge in [-0.2, -0.15) is 8.42 Å². The maximum absolute atomic E-state index is 14.3. The third-order valence-corrected chi connectivity index (χ3v) is 9.60. The molecule has 2 amide bonds. The Hall–Kier alpha value is -3.94. The van der Waals surface area contributed by atoms with E-state index in [1.165, 1.54) is 23.2 Å². The molecular formula is C34H47N5O7S. The lowest BCUT2D eigenvalue weighted by Gasteiger charge is -2.36. The molecule has 0 fully saturated rings. The lowest BCUT2D eigenvalue weighted by atomic mass is 10.0. The molecule has 0 radical (unpaired) electrons. The number of amides is 2. The molecule has 2 heterocycles. The highest BCUT2D eigenvalue weighted by Gasteiger charge is 2.31. The number of likely N-dealkylation sites (N-methyl/N-ethyl adjacent to an activating group) is 1. The number of benzene rings is 2. The third kappa shape index (κ3) is 9.78. The molecule has 12 nitrogen and oxygen atoms in total. The lowest BCUT2D eigenvalue weighted by molar-refractivity contribution is -0.131. The fourth-order valence-electron chi connectivity index (χ4n) is 5.46. The minimum absolute atomic E-state index is 0.0383. The number of aliphatic hydroxyl groups excluding tert-OH is 1. The molecule has 4 rings (SSSR count). The molecule has 1 aromatic heterocycles. The Labute approximate surface area is 277 Å². The van der Waals surface area contributed by atoms with Crippen molar-refractivity contribution in [2.75, 3.05) is 38.1 Å². The number of aliphatic hydroxyl groups is 1. The van der Waals surface area contributed by atoms with Crippen molar-refractivity contribution in [1.29, 1.82) is 0 Å². The number of hydrogen-bond acceptors (Lipinski definition) is 8. The van der Waals surface area contributed by atoms with E-state index in [2.05, 4.69) is 9.71 Å². The van der Waals surface area contributed by atoms with Gasteiger partial charge in [-0.25, -0.2) is 4.98 Å². The first-order valence-electron chi connectivity index (χ1n) is 16.0. The van der Waals surface area contributed by atoms with Gasteiger partial charge in [0.1, 0.15) is 5.75 Å². The van der Waals surface area contributed by atoms with Gasteiger partial charge in [0.15, 0.2) is 5.03 Å². The van der Waals surface area contributed by atoms with Crippen LogP contribution in [0.25, 0.3) is 0 Å². The first kappa shape index (κ1) is 35.9. The van der Waals surface area contributed by atoms with Crippen LogP contribution in [-0.4, -0.2) is 96.3 Å². The number of aryl methyl sites for hydroxylation is 1. The minimum atomic E-state index is -4.02. The molecule has 0 aliphatic carbocycles. The molecule has 0 unspecified atom stereocenters. The van der Waals surface area contributed by atoms with Gasteiger partial charge in [-0.15, -0.1) is 0 Å². The summed E-state index contributed by atoms with van der Waals surface area (Å²) in [6.07, 6.45) is 4.74. The van der Waals surface area contributed by atoms with Crippen LogP contribution in [0.3, 0.4) is 0 Å². The number of aromatic nitrogens is 2. The van der Waals surface area contributed by atoms with E-state index in [4.69, 9.17) is 9.47 Å². The summed E-state index contributed by atoms with van der Waals surface area (Å²) < 4.78 is 42.7. The normalized spacial score (nSPS) is 20.4. The lowest BCUT2D eigenvalue weighted by Crippen LogP contribution is -2.48. The number of anilines is 1. The molecule has 13 heteroatoms. The molecule has 2 N–H and O–H groups in total. The van der Waals surface area contributed by atoms with Crippen LogP contribution < -0.4 is 9.46 Å². The Morgan fingerprint density at radius 2 is 1.91 bits per heavy atom. The topological polar surface area (TPSA) is 143 Å². The molecular weight excluding hydrogens is 622 g/mol. The fourth-order valence-corrected chi connectivity index (χ4v) is 6.49. The molecule has 2 aromatic carbocycles. The number of rotatable bonds is 9. The van der Waals surface area contributed by atoms with Gasteiger partial charge in [-0.05, 0) is 56.9 Å². The largest absolute Gasteiger partial charge is 0.490 e. The van der Waals surface area contributed by atoms with E-state index in [9.17, 15) is 23.1 Å². The van der Waals surface area contributed by atoms with E-state index < -0.39 is 22.0 Å². The number of fused-ring (bicyclic) bond motifs is 1. The number of nitrogens with one attached hydrogen (secondary N) is 1. The predicted molar refractivity (Wildman–Crippen MR) is 179 cm³/mol. The second-order valence-electron chi connectivity index (χ2n) is 12.4. The van der Waals surface area contributed by atoms with E-state index in [0.717, 1.165) is 18.4 Å². The number of sulfonamides is 1. The van der Waals surface area contributed by atoms with Gasteiger partial charge in [0.2, 0.25) is 5.91 Å². The Balaban J connectivity index is 1.62. The Kier molecular flexibility index (Phi) is 12.4. The van der Waals surface area contributed by atoms with Crippen LogP contribution in [0, 0.1) is 5.92 Å². The molecule has 47 heavy (non-hydrogen) atoms. The SMILES string of the molecule is C[C@H](CO)N1C[C@H](C)[C@@H](CN(C)C(=O)Cc2ccccc2)OCCCC[C@H](C)Oc2ccc(NS(=O)(=O)c3cn(C)cn3)cc2C1=O. The monoisotopic (exact) mass is 669 g/mol. The van der Waals surface area contributed by atoms with Gasteiger partial charge in [-0.1, -0.05) is 37.3 Å². The van der Waals surface area contributed by atoms with Crippen LogP contribution >= 0.6 is 0 Å². The zero-order chi connectivity index (χ0) is 34.1. The summed E-state index contributed by atoms with van der Waals surface area (Å²) >= 11 is 0. The van der Waals surface area contributed by atoms with Gasteiger partial charge in [0, 0.05) is 51.6 Å². The highest BCUT2D eigenvalue weighted by atomic mass is 32.2. The van der Waals surface area contributed by atoms with Crippen LogP contribution in [0.15, 0.2) is 66.1 Å². The second-order valence-corrected chi connectivity index (χ2v) is 14.1. The highest BCUT2D eigenvalue weighted by Crippen LogP contribution is 2.29. The van der Waals surface area contributed by atoms with Crippen LogP contribution in [0.4, 0.5) is 5.69 Å². The van der Waals surface area contributed by atoms with Crippen molar-refractivity contribution in [3.05, 3.63) is 72.2 Å². The second kappa shape index (κ2) is 16.2. The quantitative estimate of drug-likeness (QED) is 0.351. The first-order chi connectivity index (χ1) is 22.4. The van der Waals surface area contributed by atoms with E-state index in [1.807, 2.05) is 44.2 Å². The molecule has 1 aliphatic heterocycles. The summed E-state index contributed by atoms with van der Waals surface area (Å²) in [5.74, 6) is -0.369. The first-order valence-corrected chi connectivity index (χ1v) is 17.5. The number of carbonyl (C=O) groups is 2. The van der Waals surface area contributed by atoms with Gasteiger partial charge >= 0.3 is 0 Å². The van der Waals surface area contributed by atoms with Gasteiger partial charge in [-0.3, -0.25) is 14.3 Å². The Morgan fingerprint density at radius 3 is 2.60 bits per heavy atom. The van der Waals surface area contributed by atoms with Crippen LogP contribution in [0.1, 0.15) is 56.0 Å². The average molecular weight is 670 g/mol. The third-order valence-electron chi connectivity index (χ3n) is 8.34. The molecule has 0 saturated heterocycles. The van der Waals surface area contributed by atoms with Crippen molar-refractivity contribution >= 4 is 27.5 Å². The molecule has 4 atom stereocenters. The van der Waals surface area contributed by atoms with Crippen LogP contribution in [0.2, 0.25) is 0 Å². The number of imidazole rings is 1. The highest BCUT2D eigenvalue weighted by molar-refractivity contribution is 7.92. The predicted octanol–water partition coefficient (Wildman–Crippen LogP) is 3.72. The summed E-state index contributed by atoms with van der Waals surface area (Å²) in [6.45, 7) is 6.37. The van der Waals surface area contributed by atoms with Crippen molar-refractivity contribution < 1.29 is 32.6 Å². The number of carbonyl (C=O) groups excluding carboxylic acids is 2. The zero-order valence-electron chi connectivity index (χ0n) is 27.8. The summed E-state index contributed by atoms with van der Waals surface area (Å²) in [4.78, 5) is 34.6. The Bertz CT molecular complexity index is 1600. The van der Waals surface area contributed by atoms with E-state index in [-0.39, 0.29) is 59.9 Å². The standard InChI is InChI=1S/C34H47N5O7S/c1-24-19-39(25(2)22-40)34(42)29-18-28(36-47(43,44)32-21-37(4)23-35-32)14-15-30(29)46-26(3)11-9-10-16-45-31(24)20-38(5)33(41)17-27-12-7-6-8-13-27/h6-8,12-15,18,21,23-26,31,36,40H,9-11,16-17,19-20,22H2,1-5H3/t24-,25+,26-,31+/m0/s1. The minimum Gasteiger partial charge on any atom is -0.490 e. The average Bonchev–Trinajstić information content (AvgIpc) is 3.50. The molecule has 0 bridgehead atoms. The van der Waals surface area contributed by atoms with Crippen molar-refractivity contribution in [2.24, 2.45) is 13.0 Å². The molecule has 3 aromatic rings. The maximum Gasteiger partial charge on any atom is 0.280 e. The van der Waals surface area contributed by atoms with Crippen molar-refractivity contribution in [3.8, 4) is 5.75 Å². The molecule has 0 spiro atoms. The number of hydrogen-bond donors (Lipinski definition) is 2. The summed E-state index contributed by atoms with van der Waals surface area (Å²) in [7, 11) is -0.593. The van der Waals surface area contributed by atoms with E-state index >= 15 is 0 Å². The number of ether oxygens (including phenoxy) is 2. The maximum atomic E-state index is 14.3. The van der Waals surface area contributed by atoms with Crippen molar-refractivity contribution in [1.82, 2.24) is 19.4 Å². The van der Waals surface area contributed by atoms with Crippen molar-refractivity contribution in [2.45, 2.75) is 69.7 Å².